The van der Waals surface area contributed by atoms with Crippen molar-refractivity contribution >= 4 is 17.6 Å². The fraction of sp³-hybridized carbons (Fsp3) is 0.562. The van der Waals surface area contributed by atoms with E-state index in [4.69, 9.17) is 16.7 Å². The van der Waals surface area contributed by atoms with Gasteiger partial charge in [-0.05, 0) is 42.5 Å². The first-order chi connectivity index (χ1) is 10.1. The Balaban J connectivity index is 1.68. The predicted octanol–water partition coefficient (Wildman–Crippen LogP) is 2.42. The second-order valence-electron chi connectivity index (χ2n) is 5.96. The molecule has 1 aromatic carbocycles. The maximum atomic E-state index is 10.8. The number of carboxylic acid groups (broad SMARTS) is 1. The summed E-state index contributed by atoms with van der Waals surface area (Å²) in [6.07, 6.45) is 3.28. The Kier molecular flexibility index (Phi) is 4.48. The van der Waals surface area contributed by atoms with E-state index in [-0.39, 0.29) is 6.54 Å². The Morgan fingerprint density at radius 3 is 2.95 bits per heavy atom. The van der Waals surface area contributed by atoms with Gasteiger partial charge in [0.25, 0.3) is 0 Å². The van der Waals surface area contributed by atoms with Crippen LogP contribution in [-0.2, 0) is 11.2 Å². The Labute approximate surface area is 130 Å². The lowest BCUT2D eigenvalue weighted by atomic mass is 10.1. The first kappa shape index (κ1) is 14.8. The molecule has 1 heterocycles. The van der Waals surface area contributed by atoms with E-state index >= 15 is 0 Å². The van der Waals surface area contributed by atoms with Gasteiger partial charge in [0.1, 0.15) is 0 Å². The summed E-state index contributed by atoms with van der Waals surface area (Å²) in [5.74, 6) is -0.732. The summed E-state index contributed by atoms with van der Waals surface area (Å²) in [6.45, 7) is 3.86. The van der Waals surface area contributed by atoms with Crippen LogP contribution in [0, 0.1) is 0 Å². The molecule has 1 atom stereocenters. The van der Waals surface area contributed by atoms with Crippen LogP contribution < -0.4 is 0 Å². The predicted molar refractivity (Wildman–Crippen MR) is 82.8 cm³/mol. The van der Waals surface area contributed by atoms with E-state index in [9.17, 15) is 4.79 Å². The van der Waals surface area contributed by atoms with Crippen molar-refractivity contribution in [3.05, 3.63) is 34.3 Å². The number of carboxylic acids is 1. The topological polar surface area (TPSA) is 43.8 Å². The highest BCUT2D eigenvalue weighted by Crippen LogP contribution is 2.37. The number of hydrogen-bond acceptors (Lipinski definition) is 3. The zero-order valence-corrected chi connectivity index (χ0v) is 12.9. The molecule has 0 radical (unpaired) electrons. The van der Waals surface area contributed by atoms with E-state index in [2.05, 4.69) is 17.0 Å². The summed E-state index contributed by atoms with van der Waals surface area (Å²) in [5.41, 5.74) is 2.78. The highest BCUT2D eigenvalue weighted by molar-refractivity contribution is 6.30. The smallest absolute Gasteiger partial charge is 0.317 e. The number of carbonyl (C=O) groups is 1. The first-order valence-corrected chi connectivity index (χ1v) is 7.98. The van der Waals surface area contributed by atoms with Gasteiger partial charge in [0.2, 0.25) is 0 Å². The average Bonchev–Trinajstić information content (AvgIpc) is 2.70. The first-order valence-electron chi connectivity index (χ1n) is 7.60. The Morgan fingerprint density at radius 2 is 2.14 bits per heavy atom. The van der Waals surface area contributed by atoms with Crippen LogP contribution >= 0.6 is 11.6 Å². The molecule has 0 aromatic heterocycles. The van der Waals surface area contributed by atoms with Crippen molar-refractivity contribution in [2.45, 2.75) is 25.3 Å². The maximum Gasteiger partial charge on any atom is 0.317 e. The van der Waals surface area contributed by atoms with Crippen LogP contribution in [0.15, 0.2) is 18.2 Å². The minimum atomic E-state index is -0.732. The lowest BCUT2D eigenvalue weighted by Crippen LogP contribution is -2.35. The summed E-state index contributed by atoms with van der Waals surface area (Å²) >= 11 is 6.07. The third-order valence-corrected chi connectivity index (χ3v) is 4.81. The van der Waals surface area contributed by atoms with Crippen molar-refractivity contribution in [3.63, 3.8) is 0 Å². The van der Waals surface area contributed by atoms with Crippen LogP contribution in [0.2, 0.25) is 5.02 Å². The lowest BCUT2D eigenvalue weighted by Gasteiger charge is -2.28. The molecule has 1 fully saturated rings. The van der Waals surface area contributed by atoms with E-state index in [1.807, 2.05) is 11.0 Å². The number of aliphatic carboxylic acids is 1. The Hall–Kier alpha value is -1.10. The van der Waals surface area contributed by atoms with Gasteiger partial charge >= 0.3 is 5.97 Å². The van der Waals surface area contributed by atoms with Crippen molar-refractivity contribution in [1.29, 1.82) is 0 Å². The molecule has 0 amide bonds. The van der Waals surface area contributed by atoms with Crippen LogP contribution in [0.4, 0.5) is 0 Å². The quantitative estimate of drug-likeness (QED) is 0.931. The van der Waals surface area contributed by atoms with Crippen molar-refractivity contribution in [2.24, 2.45) is 0 Å². The molecule has 0 bridgehead atoms. The maximum absolute atomic E-state index is 10.8. The SMILES string of the molecule is O=C(O)CN1CCCN(C2CCc3cc(Cl)ccc32)CC1. The van der Waals surface area contributed by atoms with Crippen LogP contribution in [0.1, 0.15) is 30.0 Å². The van der Waals surface area contributed by atoms with E-state index in [0.29, 0.717) is 6.04 Å². The van der Waals surface area contributed by atoms with Crippen LogP contribution in [0.5, 0.6) is 0 Å². The van der Waals surface area contributed by atoms with Crippen molar-refractivity contribution in [1.82, 2.24) is 9.80 Å². The fourth-order valence-corrected chi connectivity index (χ4v) is 3.79. The summed E-state index contributed by atoms with van der Waals surface area (Å²) in [4.78, 5) is 15.4. The summed E-state index contributed by atoms with van der Waals surface area (Å²) in [7, 11) is 0. The summed E-state index contributed by atoms with van der Waals surface area (Å²) < 4.78 is 0. The molecule has 2 aliphatic rings. The van der Waals surface area contributed by atoms with E-state index < -0.39 is 5.97 Å². The standard InChI is InChI=1S/C16H21ClN2O2/c17-13-3-4-14-12(10-13)2-5-15(14)19-7-1-6-18(8-9-19)11-16(20)21/h3-4,10,15H,1-2,5-9,11H2,(H,20,21). The highest BCUT2D eigenvalue weighted by Gasteiger charge is 2.29. The normalized spacial score (nSPS) is 23.8. The molecule has 1 unspecified atom stereocenters. The molecule has 1 aliphatic carbocycles. The molecule has 0 saturated carbocycles. The molecule has 3 rings (SSSR count). The number of halogens is 1. The minimum Gasteiger partial charge on any atom is -0.480 e. The monoisotopic (exact) mass is 308 g/mol. The largest absolute Gasteiger partial charge is 0.480 e. The van der Waals surface area contributed by atoms with Gasteiger partial charge < -0.3 is 5.11 Å². The molecule has 5 heteroatoms. The average molecular weight is 309 g/mol. The van der Waals surface area contributed by atoms with E-state index in [1.165, 1.54) is 11.1 Å². The van der Waals surface area contributed by atoms with Crippen molar-refractivity contribution in [2.75, 3.05) is 32.7 Å². The second-order valence-corrected chi connectivity index (χ2v) is 6.39. The summed E-state index contributed by atoms with van der Waals surface area (Å²) in [5, 5.41) is 9.74. The van der Waals surface area contributed by atoms with Gasteiger partial charge in [-0.3, -0.25) is 14.6 Å². The van der Waals surface area contributed by atoms with Crippen molar-refractivity contribution < 1.29 is 9.90 Å². The second kappa shape index (κ2) is 6.34. The van der Waals surface area contributed by atoms with Gasteiger partial charge in [0.15, 0.2) is 0 Å². The van der Waals surface area contributed by atoms with E-state index in [0.717, 1.165) is 50.5 Å². The third-order valence-electron chi connectivity index (χ3n) is 4.57. The number of aryl methyl sites for hydroxylation is 1. The zero-order chi connectivity index (χ0) is 14.8. The lowest BCUT2D eigenvalue weighted by molar-refractivity contribution is -0.138. The van der Waals surface area contributed by atoms with Gasteiger partial charge in [0, 0.05) is 37.2 Å². The van der Waals surface area contributed by atoms with Gasteiger partial charge in [-0.1, -0.05) is 17.7 Å². The molecular formula is C16H21ClN2O2. The number of rotatable bonds is 3. The number of nitrogens with zero attached hydrogens (tertiary/aromatic N) is 2. The van der Waals surface area contributed by atoms with Gasteiger partial charge in [0.05, 0.1) is 6.54 Å². The summed E-state index contributed by atoms with van der Waals surface area (Å²) in [6, 6.07) is 6.70. The number of hydrogen-bond donors (Lipinski definition) is 1. The molecule has 4 nitrogen and oxygen atoms in total. The third kappa shape index (κ3) is 3.39. The molecule has 21 heavy (non-hydrogen) atoms. The number of benzene rings is 1. The van der Waals surface area contributed by atoms with Crippen molar-refractivity contribution in [3.8, 4) is 0 Å². The number of fused-ring (bicyclic) bond motifs is 1. The highest BCUT2D eigenvalue weighted by atomic mass is 35.5. The van der Waals surface area contributed by atoms with Gasteiger partial charge in [-0.15, -0.1) is 0 Å². The Morgan fingerprint density at radius 1 is 1.29 bits per heavy atom. The molecule has 1 aromatic rings. The molecular weight excluding hydrogens is 288 g/mol. The van der Waals surface area contributed by atoms with Gasteiger partial charge in [-0.25, -0.2) is 0 Å². The van der Waals surface area contributed by atoms with Crippen LogP contribution in [0.3, 0.4) is 0 Å². The van der Waals surface area contributed by atoms with E-state index in [1.54, 1.807) is 0 Å². The molecule has 114 valence electrons. The molecule has 1 saturated heterocycles. The Bertz CT molecular complexity index is 535. The molecule has 1 N–H and O–H groups in total. The fourth-order valence-electron chi connectivity index (χ4n) is 3.59. The minimum absolute atomic E-state index is 0.157. The molecule has 1 aliphatic heterocycles. The van der Waals surface area contributed by atoms with Gasteiger partial charge in [-0.2, -0.15) is 0 Å². The van der Waals surface area contributed by atoms with Crippen LogP contribution in [-0.4, -0.2) is 53.6 Å². The van der Waals surface area contributed by atoms with Crippen LogP contribution in [0.25, 0.3) is 0 Å². The molecule has 0 spiro atoms. The zero-order valence-electron chi connectivity index (χ0n) is 12.1.